The molecule has 0 aromatic carbocycles. The molecule has 1 heteroatoms. The van der Waals surface area contributed by atoms with Gasteiger partial charge in [0, 0.05) is 0 Å². The van der Waals surface area contributed by atoms with Gasteiger partial charge in [0.15, 0.2) is 0 Å². The molecule has 1 aliphatic carbocycles. The third-order valence-corrected chi connectivity index (χ3v) is 2.60. The van der Waals surface area contributed by atoms with Gasteiger partial charge in [0.1, 0.15) is 0 Å². The fourth-order valence-electron chi connectivity index (χ4n) is 1.98. The van der Waals surface area contributed by atoms with E-state index in [9.17, 15) is 0 Å². The van der Waals surface area contributed by atoms with Crippen molar-refractivity contribution in [1.29, 1.82) is 0 Å². The Morgan fingerprint density at radius 1 is 1.56 bits per heavy atom. The number of hydrogen-bond acceptors (Lipinski definition) is 1. The number of epoxide rings is 1. The number of rotatable bonds is 0. The fourth-order valence-corrected chi connectivity index (χ4v) is 1.98. The van der Waals surface area contributed by atoms with Crippen molar-refractivity contribution in [2.24, 2.45) is 5.92 Å². The van der Waals surface area contributed by atoms with E-state index < -0.39 is 0 Å². The summed E-state index contributed by atoms with van der Waals surface area (Å²) in [6.07, 6.45) is 5.47. The van der Waals surface area contributed by atoms with Crippen molar-refractivity contribution < 1.29 is 4.74 Å². The van der Waals surface area contributed by atoms with Crippen molar-refractivity contribution in [3.63, 3.8) is 0 Å². The van der Waals surface area contributed by atoms with E-state index in [-0.39, 0.29) is 0 Å². The van der Waals surface area contributed by atoms with Gasteiger partial charge in [0.25, 0.3) is 0 Å². The SMILES string of the molecule is C[C@H]1CCC[C@@]2(CO2)C1. The van der Waals surface area contributed by atoms with Crippen LogP contribution in [-0.4, -0.2) is 12.2 Å². The molecule has 1 nitrogen and oxygen atoms in total. The average molecular weight is 126 g/mol. The predicted octanol–water partition coefficient (Wildman–Crippen LogP) is 1.97. The van der Waals surface area contributed by atoms with Gasteiger partial charge >= 0.3 is 0 Å². The molecule has 1 aliphatic heterocycles. The summed E-state index contributed by atoms with van der Waals surface area (Å²) < 4.78 is 5.41. The Morgan fingerprint density at radius 2 is 2.33 bits per heavy atom. The van der Waals surface area contributed by atoms with E-state index in [2.05, 4.69) is 6.92 Å². The van der Waals surface area contributed by atoms with E-state index in [1.165, 1.54) is 25.7 Å². The Hall–Kier alpha value is -0.0400. The Morgan fingerprint density at radius 3 is 2.78 bits per heavy atom. The Balaban J connectivity index is 1.96. The lowest BCUT2D eigenvalue weighted by atomic mass is 9.83. The van der Waals surface area contributed by atoms with Gasteiger partial charge in [-0.2, -0.15) is 0 Å². The Bertz CT molecular complexity index is 116. The average Bonchev–Trinajstić information content (AvgIpc) is 2.49. The van der Waals surface area contributed by atoms with Crippen molar-refractivity contribution in [3.05, 3.63) is 0 Å². The quantitative estimate of drug-likeness (QED) is 0.452. The van der Waals surface area contributed by atoms with E-state index in [0.717, 1.165) is 12.5 Å². The second-order valence-electron chi connectivity index (χ2n) is 3.67. The molecule has 2 rings (SSSR count). The van der Waals surface area contributed by atoms with E-state index >= 15 is 0 Å². The normalized spacial score (nSPS) is 49.7. The van der Waals surface area contributed by atoms with E-state index in [1.54, 1.807) is 0 Å². The van der Waals surface area contributed by atoms with Crippen LogP contribution >= 0.6 is 0 Å². The van der Waals surface area contributed by atoms with Gasteiger partial charge in [-0.25, -0.2) is 0 Å². The molecular weight excluding hydrogens is 112 g/mol. The molecule has 0 amide bonds. The number of ether oxygens (including phenoxy) is 1. The maximum Gasteiger partial charge on any atom is 0.0919 e. The third-order valence-electron chi connectivity index (χ3n) is 2.60. The molecule has 2 aliphatic rings. The molecule has 0 aromatic heterocycles. The summed E-state index contributed by atoms with van der Waals surface area (Å²) in [7, 11) is 0. The molecule has 2 fully saturated rings. The van der Waals surface area contributed by atoms with Crippen molar-refractivity contribution in [3.8, 4) is 0 Å². The Labute approximate surface area is 56.4 Å². The minimum atomic E-state index is 0.400. The third kappa shape index (κ3) is 0.983. The first-order valence-corrected chi connectivity index (χ1v) is 3.95. The molecule has 52 valence electrons. The summed E-state index contributed by atoms with van der Waals surface area (Å²) in [5.74, 6) is 0.918. The zero-order valence-corrected chi connectivity index (χ0v) is 6.02. The monoisotopic (exact) mass is 126 g/mol. The van der Waals surface area contributed by atoms with Gasteiger partial charge in [0.05, 0.1) is 12.2 Å². The second kappa shape index (κ2) is 1.72. The molecule has 1 saturated carbocycles. The molecule has 9 heavy (non-hydrogen) atoms. The summed E-state index contributed by atoms with van der Waals surface area (Å²) in [6, 6.07) is 0. The molecule has 0 radical (unpaired) electrons. The molecule has 1 spiro atoms. The van der Waals surface area contributed by atoms with Gasteiger partial charge in [0.2, 0.25) is 0 Å². The van der Waals surface area contributed by atoms with Gasteiger partial charge in [-0.1, -0.05) is 19.8 Å². The van der Waals surface area contributed by atoms with Crippen molar-refractivity contribution in [1.82, 2.24) is 0 Å². The molecule has 2 atom stereocenters. The first-order chi connectivity index (χ1) is 4.31. The number of hydrogen-bond donors (Lipinski definition) is 0. The Kier molecular flexibility index (Phi) is 1.10. The zero-order valence-electron chi connectivity index (χ0n) is 6.02. The van der Waals surface area contributed by atoms with Gasteiger partial charge in [-0.3, -0.25) is 0 Å². The van der Waals surface area contributed by atoms with Gasteiger partial charge in [-0.15, -0.1) is 0 Å². The molecule has 0 aromatic rings. The summed E-state index contributed by atoms with van der Waals surface area (Å²) in [5, 5.41) is 0. The predicted molar refractivity (Wildman–Crippen MR) is 36.3 cm³/mol. The zero-order chi connectivity index (χ0) is 6.32. The summed E-state index contributed by atoms with van der Waals surface area (Å²) in [6.45, 7) is 3.39. The van der Waals surface area contributed by atoms with Crippen LogP contribution in [0.5, 0.6) is 0 Å². The summed E-state index contributed by atoms with van der Waals surface area (Å²) in [4.78, 5) is 0. The van der Waals surface area contributed by atoms with Crippen LogP contribution in [-0.2, 0) is 4.74 Å². The smallest absolute Gasteiger partial charge is 0.0919 e. The van der Waals surface area contributed by atoms with Crippen molar-refractivity contribution in [2.75, 3.05) is 6.61 Å². The van der Waals surface area contributed by atoms with Crippen LogP contribution in [0.1, 0.15) is 32.6 Å². The van der Waals surface area contributed by atoms with Gasteiger partial charge in [-0.05, 0) is 18.8 Å². The lowest BCUT2D eigenvalue weighted by Gasteiger charge is -2.23. The highest BCUT2D eigenvalue weighted by Gasteiger charge is 2.46. The van der Waals surface area contributed by atoms with Crippen LogP contribution in [0.4, 0.5) is 0 Å². The van der Waals surface area contributed by atoms with Crippen LogP contribution in [0.3, 0.4) is 0 Å². The van der Waals surface area contributed by atoms with Crippen LogP contribution < -0.4 is 0 Å². The maximum absolute atomic E-state index is 5.41. The molecule has 0 unspecified atom stereocenters. The molecule has 1 heterocycles. The van der Waals surface area contributed by atoms with Crippen molar-refractivity contribution in [2.45, 2.75) is 38.2 Å². The largest absolute Gasteiger partial charge is 0.370 e. The van der Waals surface area contributed by atoms with Crippen LogP contribution in [0.25, 0.3) is 0 Å². The van der Waals surface area contributed by atoms with Crippen molar-refractivity contribution >= 4 is 0 Å². The minimum absolute atomic E-state index is 0.400. The maximum atomic E-state index is 5.41. The van der Waals surface area contributed by atoms with E-state index in [0.29, 0.717) is 5.60 Å². The van der Waals surface area contributed by atoms with Crippen LogP contribution in [0, 0.1) is 5.92 Å². The first-order valence-electron chi connectivity index (χ1n) is 3.95. The molecule has 1 saturated heterocycles. The molecule has 0 N–H and O–H groups in total. The molecular formula is C8H14O. The first kappa shape index (κ1) is 5.72. The van der Waals surface area contributed by atoms with E-state index in [4.69, 9.17) is 4.74 Å². The highest BCUT2D eigenvalue weighted by molar-refractivity contribution is 4.95. The topological polar surface area (TPSA) is 12.5 Å². The highest BCUT2D eigenvalue weighted by Crippen LogP contribution is 2.43. The lowest BCUT2D eigenvalue weighted by molar-refractivity contribution is 0.199. The second-order valence-corrected chi connectivity index (χ2v) is 3.67. The summed E-state index contributed by atoms with van der Waals surface area (Å²) in [5.41, 5.74) is 0.400. The van der Waals surface area contributed by atoms with Crippen LogP contribution in [0.15, 0.2) is 0 Å². The van der Waals surface area contributed by atoms with Crippen LogP contribution in [0.2, 0.25) is 0 Å². The lowest BCUT2D eigenvalue weighted by Crippen LogP contribution is -2.20. The highest BCUT2D eigenvalue weighted by atomic mass is 16.6. The van der Waals surface area contributed by atoms with E-state index in [1.807, 2.05) is 0 Å². The molecule has 0 bridgehead atoms. The fraction of sp³-hybridized carbons (Fsp3) is 1.00. The minimum Gasteiger partial charge on any atom is -0.370 e. The standard InChI is InChI=1S/C8H14O/c1-7-3-2-4-8(5-7)6-9-8/h7H,2-6H2,1H3/t7-,8-/m0/s1. The van der Waals surface area contributed by atoms with Gasteiger partial charge < -0.3 is 4.74 Å². The summed E-state index contributed by atoms with van der Waals surface area (Å²) >= 11 is 0.